The molecule has 21 heavy (non-hydrogen) atoms. The van der Waals surface area contributed by atoms with Crippen LogP contribution in [0.2, 0.25) is 0 Å². The first-order valence-electron chi connectivity index (χ1n) is 7.92. The Balaban J connectivity index is 1.99. The van der Waals surface area contributed by atoms with Crippen LogP contribution in [0.3, 0.4) is 0 Å². The molecule has 1 aromatic rings. The molecule has 0 spiro atoms. The van der Waals surface area contributed by atoms with E-state index in [2.05, 4.69) is 18.3 Å². The minimum Gasteiger partial charge on any atom is -0.496 e. The fourth-order valence-corrected chi connectivity index (χ4v) is 2.60. The fourth-order valence-electron chi connectivity index (χ4n) is 2.60. The molecule has 1 fully saturated rings. The molecule has 4 heteroatoms. The smallest absolute Gasteiger partial charge is 0.124 e. The first-order valence-corrected chi connectivity index (χ1v) is 7.92. The van der Waals surface area contributed by atoms with E-state index in [0.29, 0.717) is 6.61 Å². The second-order valence-electron chi connectivity index (χ2n) is 5.40. The lowest BCUT2D eigenvalue weighted by Crippen LogP contribution is -2.27. The molecule has 2 rings (SSSR count). The second kappa shape index (κ2) is 9.03. The van der Waals surface area contributed by atoms with E-state index in [1.54, 1.807) is 7.11 Å². The largest absolute Gasteiger partial charge is 0.496 e. The maximum atomic E-state index is 6.13. The first kappa shape index (κ1) is 16.3. The van der Waals surface area contributed by atoms with Crippen molar-refractivity contribution in [1.29, 1.82) is 0 Å². The molecule has 1 aliphatic heterocycles. The lowest BCUT2D eigenvalue weighted by Gasteiger charge is -2.22. The number of ether oxygens (including phenoxy) is 3. The standard InChI is InChI=1S/C17H27NO3/c1-3-10-18-12-17(21-13-14-7-6-11-20-14)15-8-4-5-9-16(15)19-2/h4-5,8-9,14,17-18H,3,6-7,10-13H2,1-2H3. The summed E-state index contributed by atoms with van der Waals surface area (Å²) in [6.07, 6.45) is 3.60. The van der Waals surface area contributed by atoms with Gasteiger partial charge in [0.2, 0.25) is 0 Å². The van der Waals surface area contributed by atoms with Crippen LogP contribution in [0.1, 0.15) is 37.9 Å². The predicted octanol–water partition coefficient (Wildman–Crippen LogP) is 2.93. The van der Waals surface area contributed by atoms with Crippen LogP contribution in [-0.2, 0) is 9.47 Å². The zero-order valence-electron chi connectivity index (χ0n) is 13.1. The third-order valence-electron chi connectivity index (χ3n) is 3.75. The zero-order valence-corrected chi connectivity index (χ0v) is 13.1. The summed E-state index contributed by atoms with van der Waals surface area (Å²) in [4.78, 5) is 0. The van der Waals surface area contributed by atoms with Crippen LogP contribution < -0.4 is 10.1 Å². The number of methoxy groups -OCH3 is 1. The van der Waals surface area contributed by atoms with Crippen LogP contribution in [0.25, 0.3) is 0 Å². The Morgan fingerprint density at radius 1 is 1.38 bits per heavy atom. The lowest BCUT2D eigenvalue weighted by atomic mass is 10.1. The lowest BCUT2D eigenvalue weighted by molar-refractivity contribution is -0.0215. The third kappa shape index (κ3) is 4.99. The van der Waals surface area contributed by atoms with Crippen LogP contribution in [0.15, 0.2) is 24.3 Å². The number of hydrogen-bond donors (Lipinski definition) is 1. The number of hydrogen-bond acceptors (Lipinski definition) is 4. The molecule has 0 aliphatic carbocycles. The van der Waals surface area contributed by atoms with Crippen LogP contribution in [0.5, 0.6) is 5.75 Å². The van der Waals surface area contributed by atoms with Gasteiger partial charge >= 0.3 is 0 Å². The summed E-state index contributed by atoms with van der Waals surface area (Å²) in [6, 6.07) is 8.07. The molecule has 4 nitrogen and oxygen atoms in total. The Hall–Kier alpha value is -1.10. The zero-order chi connectivity index (χ0) is 14.9. The van der Waals surface area contributed by atoms with Crippen LogP contribution in [0, 0.1) is 0 Å². The maximum absolute atomic E-state index is 6.13. The van der Waals surface area contributed by atoms with Crippen molar-refractivity contribution in [2.24, 2.45) is 0 Å². The number of nitrogens with one attached hydrogen (secondary N) is 1. The summed E-state index contributed by atoms with van der Waals surface area (Å²) in [6.45, 7) is 5.46. The normalized spacial score (nSPS) is 19.6. The van der Waals surface area contributed by atoms with Gasteiger partial charge in [-0.15, -0.1) is 0 Å². The van der Waals surface area contributed by atoms with Gasteiger partial charge in [-0.2, -0.15) is 0 Å². The number of rotatable bonds is 9. The summed E-state index contributed by atoms with van der Waals surface area (Å²) >= 11 is 0. The Bertz CT molecular complexity index is 405. The summed E-state index contributed by atoms with van der Waals surface area (Å²) in [5, 5.41) is 3.44. The monoisotopic (exact) mass is 293 g/mol. The minimum atomic E-state index is -0.00287. The Labute approximate surface area is 127 Å². The van der Waals surface area contributed by atoms with Gasteiger partial charge in [-0.3, -0.25) is 0 Å². The van der Waals surface area contributed by atoms with Crippen LogP contribution in [0.4, 0.5) is 0 Å². The minimum absolute atomic E-state index is 0.00287. The average Bonchev–Trinajstić information content (AvgIpc) is 3.04. The molecule has 0 amide bonds. The first-order chi connectivity index (χ1) is 10.3. The van der Waals surface area contributed by atoms with Crippen LogP contribution in [-0.4, -0.2) is 39.5 Å². The highest BCUT2D eigenvalue weighted by Crippen LogP contribution is 2.28. The van der Waals surface area contributed by atoms with Crippen molar-refractivity contribution in [2.75, 3.05) is 33.4 Å². The van der Waals surface area contributed by atoms with Gasteiger partial charge in [-0.1, -0.05) is 25.1 Å². The third-order valence-corrected chi connectivity index (χ3v) is 3.75. The molecule has 0 radical (unpaired) electrons. The highest BCUT2D eigenvalue weighted by Gasteiger charge is 2.21. The van der Waals surface area contributed by atoms with Crippen molar-refractivity contribution in [2.45, 2.75) is 38.4 Å². The van der Waals surface area contributed by atoms with E-state index in [1.807, 2.05) is 18.2 Å². The van der Waals surface area contributed by atoms with Gasteiger partial charge in [0.1, 0.15) is 5.75 Å². The quantitative estimate of drug-likeness (QED) is 0.711. The summed E-state index contributed by atoms with van der Waals surface area (Å²) < 4.78 is 17.2. The SMILES string of the molecule is CCCNCC(OCC1CCCO1)c1ccccc1OC. The van der Waals surface area contributed by atoms with Crippen molar-refractivity contribution in [3.8, 4) is 5.75 Å². The van der Waals surface area contributed by atoms with E-state index in [4.69, 9.17) is 14.2 Å². The van der Waals surface area contributed by atoms with Crippen molar-refractivity contribution in [1.82, 2.24) is 5.32 Å². The van der Waals surface area contributed by atoms with Gasteiger partial charge in [0.05, 0.1) is 25.9 Å². The predicted molar refractivity (Wildman–Crippen MR) is 83.8 cm³/mol. The van der Waals surface area contributed by atoms with Gasteiger partial charge < -0.3 is 19.5 Å². The number of para-hydroxylation sites is 1. The number of benzene rings is 1. The molecule has 2 atom stereocenters. The summed E-state index contributed by atoms with van der Waals surface area (Å²) in [5.74, 6) is 0.883. The van der Waals surface area contributed by atoms with Crippen molar-refractivity contribution >= 4 is 0 Å². The van der Waals surface area contributed by atoms with Gasteiger partial charge in [-0.25, -0.2) is 0 Å². The Morgan fingerprint density at radius 2 is 2.24 bits per heavy atom. The molecule has 1 N–H and O–H groups in total. The molecule has 1 heterocycles. The second-order valence-corrected chi connectivity index (χ2v) is 5.40. The molecular formula is C17H27NO3. The van der Waals surface area contributed by atoms with Gasteiger partial charge in [-0.05, 0) is 31.9 Å². The van der Waals surface area contributed by atoms with E-state index in [-0.39, 0.29) is 12.2 Å². The highest BCUT2D eigenvalue weighted by atomic mass is 16.5. The topological polar surface area (TPSA) is 39.7 Å². The molecule has 1 aliphatic rings. The summed E-state index contributed by atoms with van der Waals surface area (Å²) in [5.41, 5.74) is 1.10. The average molecular weight is 293 g/mol. The van der Waals surface area contributed by atoms with E-state index in [9.17, 15) is 0 Å². The Kier molecular flexibility index (Phi) is 7.00. The molecule has 0 saturated carbocycles. The molecule has 0 aromatic heterocycles. The van der Waals surface area contributed by atoms with E-state index in [0.717, 1.165) is 50.3 Å². The molecule has 2 unspecified atom stereocenters. The Morgan fingerprint density at radius 3 is 2.95 bits per heavy atom. The molecule has 1 saturated heterocycles. The molecule has 118 valence electrons. The van der Waals surface area contributed by atoms with E-state index < -0.39 is 0 Å². The van der Waals surface area contributed by atoms with Gasteiger partial charge in [0.15, 0.2) is 0 Å². The molecular weight excluding hydrogens is 266 g/mol. The molecule has 1 aromatic carbocycles. The maximum Gasteiger partial charge on any atom is 0.124 e. The van der Waals surface area contributed by atoms with Crippen molar-refractivity contribution in [3.63, 3.8) is 0 Å². The van der Waals surface area contributed by atoms with Crippen LogP contribution >= 0.6 is 0 Å². The van der Waals surface area contributed by atoms with Gasteiger partial charge in [0.25, 0.3) is 0 Å². The van der Waals surface area contributed by atoms with E-state index in [1.165, 1.54) is 0 Å². The van der Waals surface area contributed by atoms with E-state index >= 15 is 0 Å². The van der Waals surface area contributed by atoms with Crippen molar-refractivity contribution in [3.05, 3.63) is 29.8 Å². The fraction of sp³-hybridized carbons (Fsp3) is 0.647. The summed E-state index contributed by atoms with van der Waals surface area (Å²) in [7, 11) is 1.70. The highest BCUT2D eigenvalue weighted by molar-refractivity contribution is 5.35. The van der Waals surface area contributed by atoms with Crippen molar-refractivity contribution < 1.29 is 14.2 Å². The van der Waals surface area contributed by atoms with Gasteiger partial charge in [0, 0.05) is 18.7 Å². The molecule has 0 bridgehead atoms.